The lowest BCUT2D eigenvalue weighted by Crippen LogP contribution is -2.30. The van der Waals surface area contributed by atoms with Crippen molar-refractivity contribution in [3.8, 4) is 0 Å². The summed E-state index contributed by atoms with van der Waals surface area (Å²) in [7, 11) is -7.74. The van der Waals surface area contributed by atoms with Crippen LogP contribution < -0.4 is 4.72 Å². The van der Waals surface area contributed by atoms with Crippen LogP contribution in [0.25, 0.3) is 0 Å². The fraction of sp³-hybridized carbons (Fsp3) is 0.455. The second kappa shape index (κ2) is 11.8. The van der Waals surface area contributed by atoms with Crippen molar-refractivity contribution in [2.45, 2.75) is 57.1 Å². The van der Waals surface area contributed by atoms with Crippen molar-refractivity contribution in [3.05, 3.63) is 65.7 Å². The largest absolute Gasteiger partial charge is 0.352 e. The Morgan fingerprint density at radius 3 is 2.03 bits per heavy atom. The van der Waals surface area contributed by atoms with Crippen LogP contribution in [-0.4, -0.2) is 21.6 Å². The molecule has 0 aromatic heterocycles. The molecule has 2 rings (SSSR count). The van der Waals surface area contributed by atoms with Crippen molar-refractivity contribution in [2.75, 3.05) is 13.2 Å². The van der Waals surface area contributed by atoms with E-state index in [0.29, 0.717) is 5.56 Å². The highest BCUT2D eigenvalue weighted by atomic mass is 32.2. The summed E-state index contributed by atoms with van der Waals surface area (Å²) in [6.45, 7) is 5.80. The summed E-state index contributed by atoms with van der Waals surface area (Å²) in [6.07, 6.45) is 4.27. The molecule has 1 N–H and O–H groups in total. The maximum Gasteiger partial charge on any atom is 0.352 e. The Labute approximate surface area is 180 Å². The molecule has 6 nitrogen and oxygen atoms in total. The standard InChI is InChI=1S/C22H32NO5PS/c1-4-7-9-12-19-15-17-21(18-16-19)30(25,26)23-22(20-13-10-8-11-14-20)29(24,27-5-2)28-6-3/h8,10-11,13-18,22-23H,4-7,9,12H2,1-3H3. The highest BCUT2D eigenvalue weighted by molar-refractivity contribution is 7.89. The van der Waals surface area contributed by atoms with Crippen LogP contribution in [-0.2, 0) is 30.1 Å². The number of unbranched alkanes of at least 4 members (excludes halogenated alkanes) is 2. The monoisotopic (exact) mass is 453 g/mol. The first-order valence-electron chi connectivity index (χ1n) is 10.4. The fourth-order valence-corrected chi connectivity index (χ4v) is 6.75. The topological polar surface area (TPSA) is 81.7 Å². The van der Waals surface area contributed by atoms with Gasteiger partial charge in [-0.3, -0.25) is 4.57 Å². The summed E-state index contributed by atoms with van der Waals surface area (Å²) >= 11 is 0. The van der Waals surface area contributed by atoms with E-state index in [9.17, 15) is 13.0 Å². The van der Waals surface area contributed by atoms with Crippen LogP contribution in [0.3, 0.4) is 0 Å². The minimum absolute atomic E-state index is 0.113. The predicted octanol–water partition coefficient (Wildman–Crippen LogP) is 5.66. The van der Waals surface area contributed by atoms with Gasteiger partial charge in [-0.15, -0.1) is 0 Å². The first-order valence-corrected chi connectivity index (χ1v) is 13.5. The van der Waals surface area contributed by atoms with Crippen LogP contribution in [0, 0.1) is 0 Å². The van der Waals surface area contributed by atoms with Gasteiger partial charge in [0.15, 0.2) is 0 Å². The molecule has 2 aromatic carbocycles. The van der Waals surface area contributed by atoms with Crippen LogP contribution in [0.15, 0.2) is 59.5 Å². The number of hydrogen-bond donors (Lipinski definition) is 1. The third-order valence-corrected chi connectivity index (χ3v) is 8.53. The molecule has 0 bridgehead atoms. The van der Waals surface area contributed by atoms with Crippen molar-refractivity contribution < 1.29 is 22.0 Å². The number of sulfonamides is 1. The molecular formula is C22H32NO5PS. The molecule has 1 atom stereocenters. The molecule has 0 radical (unpaired) electrons. The van der Waals surface area contributed by atoms with Gasteiger partial charge in [-0.25, -0.2) is 8.42 Å². The maximum absolute atomic E-state index is 13.5. The minimum Gasteiger partial charge on any atom is -0.308 e. The molecule has 0 saturated carbocycles. The van der Waals surface area contributed by atoms with Gasteiger partial charge in [0.2, 0.25) is 10.0 Å². The molecule has 1 unspecified atom stereocenters. The minimum atomic E-state index is -3.95. The van der Waals surface area contributed by atoms with Crippen molar-refractivity contribution in [1.29, 1.82) is 0 Å². The van der Waals surface area contributed by atoms with Gasteiger partial charge in [-0.05, 0) is 49.9 Å². The van der Waals surface area contributed by atoms with E-state index < -0.39 is 23.4 Å². The van der Waals surface area contributed by atoms with Crippen LogP contribution in [0.5, 0.6) is 0 Å². The molecule has 0 aliphatic rings. The Morgan fingerprint density at radius 2 is 1.50 bits per heavy atom. The van der Waals surface area contributed by atoms with E-state index in [1.807, 2.05) is 12.1 Å². The first kappa shape index (κ1) is 24.8. The normalized spacial score (nSPS) is 13.3. The number of aryl methyl sites for hydroxylation is 1. The van der Waals surface area contributed by atoms with Crippen molar-refractivity contribution in [3.63, 3.8) is 0 Å². The van der Waals surface area contributed by atoms with Crippen LogP contribution in [0.2, 0.25) is 0 Å². The second-order valence-corrected chi connectivity index (χ2v) is 10.7. The van der Waals surface area contributed by atoms with Crippen LogP contribution >= 0.6 is 7.60 Å². The Hall–Kier alpha value is -1.50. The van der Waals surface area contributed by atoms with Crippen molar-refractivity contribution in [2.24, 2.45) is 0 Å². The first-order chi connectivity index (χ1) is 14.4. The van der Waals surface area contributed by atoms with Gasteiger partial charge in [0.25, 0.3) is 0 Å². The summed E-state index contributed by atoms with van der Waals surface area (Å²) < 4.78 is 53.1. The number of nitrogens with one attached hydrogen (secondary N) is 1. The molecule has 8 heteroatoms. The number of hydrogen-bond acceptors (Lipinski definition) is 5. The average molecular weight is 454 g/mol. The van der Waals surface area contributed by atoms with Crippen LogP contribution in [0.1, 0.15) is 56.9 Å². The van der Waals surface area contributed by atoms with E-state index in [2.05, 4.69) is 11.6 Å². The van der Waals surface area contributed by atoms with E-state index in [4.69, 9.17) is 9.05 Å². The zero-order valence-electron chi connectivity index (χ0n) is 17.9. The molecule has 0 aliphatic carbocycles. The SMILES string of the molecule is CCCCCc1ccc(S(=O)(=O)NC(c2ccccc2)P(=O)(OCC)OCC)cc1. The lowest BCUT2D eigenvalue weighted by atomic mass is 10.1. The average Bonchev–Trinajstić information content (AvgIpc) is 2.73. The highest BCUT2D eigenvalue weighted by Crippen LogP contribution is 2.59. The van der Waals surface area contributed by atoms with Gasteiger partial charge in [-0.2, -0.15) is 4.72 Å². The Balaban J connectivity index is 2.33. The fourth-order valence-electron chi connectivity index (χ4n) is 3.13. The summed E-state index contributed by atoms with van der Waals surface area (Å²) in [5.41, 5.74) is 1.61. The third kappa shape index (κ3) is 6.76. The second-order valence-electron chi connectivity index (χ2n) is 6.91. The summed E-state index contributed by atoms with van der Waals surface area (Å²) in [5.74, 6) is -1.15. The molecule has 0 aliphatic heterocycles. The maximum atomic E-state index is 13.5. The summed E-state index contributed by atoms with van der Waals surface area (Å²) in [4.78, 5) is 0.113. The molecule has 0 heterocycles. The summed E-state index contributed by atoms with van der Waals surface area (Å²) in [5, 5.41) is 0. The Kier molecular flexibility index (Phi) is 9.72. The number of benzene rings is 2. The molecule has 0 fully saturated rings. The zero-order valence-corrected chi connectivity index (χ0v) is 19.6. The van der Waals surface area contributed by atoms with E-state index in [1.165, 1.54) is 0 Å². The molecule has 0 spiro atoms. The molecular weight excluding hydrogens is 421 g/mol. The van der Waals surface area contributed by atoms with Gasteiger partial charge < -0.3 is 9.05 Å². The molecule has 30 heavy (non-hydrogen) atoms. The van der Waals surface area contributed by atoms with Gasteiger partial charge in [0.05, 0.1) is 18.1 Å². The lowest BCUT2D eigenvalue weighted by molar-refractivity contribution is 0.210. The van der Waals surface area contributed by atoms with Crippen molar-refractivity contribution >= 4 is 17.6 Å². The number of rotatable bonds is 13. The van der Waals surface area contributed by atoms with Gasteiger partial charge in [0.1, 0.15) is 5.78 Å². The highest BCUT2D eigenvalue weighted by Gasteiger charge is 2.40. The Morgan fingerprint density at radius 1 is 0.900 bits per heavy atom. The van der Waals surface area contributed by atoms with E-state index in [0.717, 1.165) is 31.2 Å². The van der Waals surface area contributed by atoms with E-state index in [-0.39, 0.29) is 18.1 Å². The van der Waals surface area contributed by atoms with Crippen molar-refractivity contribution in [1.82, 2.24) is 4.72 Å². The quantitative estimate of drug-likeness (QED) is 0.312. The summed E-state index contributed by atoms with van der Waals surface area (Å²) in [6, 6.07) is 15.5. The van der Waals surface area contributed by atoms with E-state index in [1.54, 1.807) is 56.3 Å². The molecule has 0 saturated heterocycles. The predicted molar refractivity (Wildman–Crippen MR) is 120 cm³/mol. The van der Waals surface area contributed by atoms with Gasteiger partial charge in [-0.1, -0.05) is 62.2 Å². The van der Waals surface area contributed by atoms with Gasteiger partial charge >= 0.3 is 7.60 Å². The van der Waals surface area contributed by atoms with Gasteiger partial charge in [0, 0.05) is 0 Å². The van der Waals surface area contributed by atoms with E-state index >= 15 is 0 Å². The molecule has 0 amide bonds. The molecule has 166 valence electrons. The zero-order chi connectivity index (χ0) is 22.0. The van der Waals surface area contributed by atoms with Crippen LogP contribution in [0.4, 0.5) is 0 Å². The Bertz CT molecular complexity index is 906. The smallest absolute Gasteiger partial charge is 0.308 e. The third-order valence-electron chi connectivity index (χ3n) is 4.62. The molecule has 2 aromatic rings. The lowest BCUT2D eigenvalue weighted by Gasteiger charge is -2.27.